The highest BCUT2D eigenvalue weighted by Crippen LogP contribution is 2.80. The van der Waals surface area contributed by atoms with E-state index in [2.05, 4.69) is 11.8 Å². The van der Waals surface area contributed by atoms with Crippen molar-refractivity contribution in [3.8, 4) is 0 Å². The second-order valence-corrected chi connectivity index (χ2v) is 11.8. The number of fused-ring (bicyclic) bond motifs is 2. The van der Waals surface area contributed by atoms with Crippen molar-refractivity contribution in [2.45, 2.75) is 74.3 Å². The van der Waals surface area contributed by atoms with Gasteiger partial charge in [-0.3, -0.25) is 4.90 Å². The first-order chi connectivity index (χ1) is 15.8. The average molecular weight is 468 g/mol. The summed E-state index contributed by atoms with van der Waals surface area (Å²) in [5.41, 5.74) is -3.78. The summed E-state index contributed by atoms with van der Waals surface area (Å²) >= 11 is 0. The first-order valence-electron chi connectivity index (χ1n) is 12.7. The molecule has 6 rings (SSSR count). The summed E-state index contributed by atoms with van der Waals surface area (Å²) in [5.74, 6) is -0.0916. The van der Waals surface area contributed by atoms with E-state index in [4.69, 9.17) is 18.9 Å². The lowest BCUT2D eigenvalue weighted by atomic mass is 9.42. The Hall–Kier alpha value is -0.320. The van der Waals surface area contributed by atoms with Crippen LogP contribution in [0.1, 0.15) is 32.6 Å². The number of aliphatic hydroxyl groups is 3. The molecular weight excluding hydrogens is 426 g/mol. The zero-order valence-electron chi connectivity index (χ0n) is 20.6. The molecule has 3 N–H and O–H groups in total. The number of rotatable bonds is 6. The molecule has 5 unspecified atom stereocenters. The van der Waals surface area contributed by atoms with Crippen LogP contribution < -0.4 is 0 Å². The fraction of sp³-hybridized carbons (Fsp3) is 1.00. The molecule has 0 aromatic heterocycles. The molecule has 33 heavy (non-hydrogen) atoms. The molecule has 1 saturated heterocycles. The normalized spacial score (nSPS) is 60.9. The highest BCUT2D eigenvalue weighted by Gasteiger charge is 2.91. The van der Waals surface area contributed by atoms with E-state index in [0.29, 0.717) is 13.0 Å². The Balaban J connectivity index is 1.68. The zero-order chi connectivity index (χ0) is 23.6. The van der Waals surface area contributed by atoms with Crippen LogP contribution in [-0.2, 0) is 18.9 Å². The Morgan fingerprint density at radius 1 is 1.03 bits per heavy atom. The standard InChI is InChI=1S/C25H41NO7/c1-6-26-11-22(12-27)8-7-16(31-3)24-14-9-13-15(30-2)10-23(28,17(14)18(13)32-4)25(29,21(24)26)20(33-5)19(22)24/h13-21,27-29H,6-12H2,1-5H3/t13-,14?,15+,16+,17?,18+,19?,20+,21-,22+,23-,24?,25?/m1/s1. The van der Waals surface area contributed by atoms with Gasteiger partial charge in [0.25, 0.3) is 0 Å². The van der Waals surface area contributed by atoms with Crippen LogP contribution in [0, 0.1) is 34.5 Å². The molecule has 1 spiro atoms. The number of hydrogen-bond donors (Lipinski definition) is 3. The Kier molecular flexibility index (Phi) is 4.99. The van der Waals surface area contributed by atoms with Gasteiger partial charge in [-0.15, -0.1) is 0 Å². The molecular formula is C25H41NO7. The van der Waals surface area contributed by atoms with Crippen molar-refractivity contribution >= 4 is 0 Å². The van der Waals surface area contributed by atoms with E-state index in [-0.39, 0.29) is 54.6 Å². The van der Waals surface area contributed by atoms with E-state index in [9.17, 15) is 15.3 Å². The molecule has 6 aliphatic rings. The van der Waals surface area contributed by atoms with Crippen molar-refractivity contribution in [2.24, 2.45) is 34.5 Å². The third-order valence-electron chi connectivity index (χ3n) is 11.6. The maximum absolute atomic E-state index is 13.0. The first kappa shape index (κ1) is 23.1. The topological polar surface area (TPSA) is 101 Å². The summed E-state index contributed by atoms with van der Waals surface area (Å²) in [6.45, 7) is 3.59. The molecule has 13 atom stereocenters. The summed E-state index contributed by atoms with van der Waals surface area (Å²) in [7, 11) is 6.85. The number of methoxy groups -OCH3 is 4. The lowest BCUT2D eigenvalue weighted by Crippen LogP contribution is -2.82. The van der Waals surface area contributed by atoms with Crippen molar-refractivity contribution in [1.82, 2.24) is 4.90 Å². The van der Waals surface area contributed by atoms with Crippen molar-refractivity contribution in [1.29, 1.82) is 0 Å². The second kappa shape index (κ2) is 7.13. The molecule has 5 saturated carbocycles. The number of hydrogen-bond acceptors (Lipinski definition) is 8. The Bertz CT molecular complexity index is 814. The number of ether oxygens (including phenoxy) is 4. The number of likely N-dealkylation sites (N-methyl/N-ethyl adjacent to an activating group) is 1. The van der Waals surface area contributed by atoms with Crippen molar-refractivity contribution in [3.05, 3.63) is 0 Å². The number of piperidine rings is 1. The molecule has 5 aliphatic carbocycles. The van der Waals surface area contributed by atoms with Gasteiger partial charge >= 0.3 is 0 Å². The van der Waals surface area contributed by atoms with Gasteiger partial charge in [0.2, 0.25) is 0 Å². The molecule has 7 bridgehead atoms. The van der Waals surface area contributed by atoms with Gasteiger partial charge < -0.3 is 34.3 Å². The smallest absolute Gasteiger partial charge is 0.136 e. The number of aliphatic hydroxyl groups excluding tert-OH is 1. The van der Waals surface area contributed by atoms with E-state index in [1.807, 2.05) is 0 Å². The summed E-state index contributed by atoms with van der Waals surface area (Å²) in [5, 5.41) is 36.6. The highest BCUT2D eigenvalue weighted by molar-refractivity contribution is 5.41. The Morgan fingerprint density at radius 3 is 2.36 bits per heavy atom. The van der Waals surface area contributed by atoms with Crippen LogP contribution in [0.5, 0.6) is 0 Å². The summed E-state index contributed by atoms with van der Waals surface area (Å²) in [4.78, 5) is 2.33. The lowest BCUT2D eigenvalue weighted by molar-refractivity contribution is -0.320. The molecule has 6 fully saturated rings. The third kappa shape index (κ3) is 2.16. The maximum Gasteiger partial charge on any atom is 0.136 e. The fourth-order valence-corrected chi connectivity index (χ4v) is 11.0. The van der Waals surface area contributed by atoms with E-state index in [1.54, 1.807) is 28.4 Å². The van der Waals surface area contributed by atoms with Gasteiger partial charge in [0.15, 0.2) is 0 Å². The molecule has 1 aliphatic heterocycles. The van der Waals surface area contributed by atoms with Crippen LogP contribution in [0.25, 0.3) is 0 Å². The Morgan fingerprint density at radius 2 is 1.79 bits per heavy atom. The summed E-state index contributed by atoms with van der Waals surface area (Å²) in [6.07, 6.45) is 1.81. The quantitative estimate of drug-likeness (QED) is 0.512. The van der Waals surface area contributed by atoms with E-state index in [1.165, 1.54) is 0 Å². The van der Waals surface area contributed by atoms with Crippen LogP contribution in [0.2, 0.25) is 0 Å². The van der Waals surface area contributed by atoms with E-state index >= 15 is 0 Å². The first-order valence-corrected chi connectivity index (χ1v) is 12.7. The molecule has 0 radical (unpaired) electrons. The van der Waals surface area contributed by atoms with Crippen molar-refractivity contribution in [2.75, 3.05) is 48.1 Å². The second-order valence-electron chi connectivity index (χ2n) is 11.8. The molecule has 188 valence electrons. The Labute approximate surface area is 196 Å². The molecule has 0 aromatic carbocycles. The third-order valence-corrected chi connectivity index (χ3v) is 11.6. The minimum Gasteiger partial charge on any atom is -0.396 e. The monoisotopic (exact) mass is 467 g/mol. The minimum absolute atomic E-state index is 0.0443. The van der Waals surface area contributed by atoms with Gasteiger partial charge in [-0.1, -0.05) is 6.92 Å². The van der Waals surface area contributed by atoms with Crippen LogP contribution in [0.15, 0.2) is 0 Å². The predicted octanol–water partition coefficient (Wildman–Crippen LogP) is 0.271. The molecule has 1 heterocycles. The molecule has 0 aromatic rings. The summed E-state index contributed by atoms with van der Waals surface area (Å²) in [6, 6.07) is -0.312. The average Bonchev–Trinajstić information content (AvgIpc) is 3.24. The van der Waals surface area contributed by atoms with Gasteiger partial charge in [-0.25, -0.2) is 0 Å². The van der Waals surface area contributed by atoms with Crippen LogP contribution in [0.4, 0.5) is 0 Å². The van der Waals surface area contributed by atoms with Crippen LogP contribution in [0.3, 0.4) is 0 Å². The van der Waals surface area contributed by atoms with Gasteiger partial charge in [0.1, 0.15) is 11.2 Å². The van der Waals surface area contributed by atoms with Gasteiger partial charge in [0.05, 0.1) is 37.1 Å². The van der Waals surface area contributed by atoms with Gasteiger partial charge in [0, 0.05) is 70.0 Å². The van der Waals surface area contributed by atoms with E-state index < -0.39 is 28.1 Å². The van der Waals surface area contributed by atoms with Crippen LogP contribution >= 0.6 is 0 Å². The van der Waals surface area contributed by atoms with Crippen molar-refractivity contribution < 1.29 is 34.3 Å². The minimum atomic E-state index is -1.52. The van der Waals surface area contributed by atoms with Crippen molar-refractivity contribution in [3.63, 3.8) is 0 Å². The van der Waals surface area contributed by atoms with E-state index in [0.717, 1.165) is 25.8 Å². The SMILES string of the molecule is CCN1C[C@]2(CO)CC[C@H](OC)C34C5C[C@@H]6[C@@H](OC)C[C@@](O)(C5[C@H]6OC)C(O)([C@H]13)[C@@H](OC)C42. The van der Waals surface area contributed by atoms with Crippen LogP contribution in [-0.4, -0.2) is 110 Å². The van der Waals surface area contributed by atoms with Gasteiger partial charge in [-0.2, -0.15) is 0 Å². The molecule has 8 nitrogen and oxygen atoms in total. The maximum atomic E-state index is 13.0. The lowest BCUT2D eigenvalue weighted by Gasteiger charge is -2.70. The van der Waals surface area contributed by atoms with Gasteiger partial charge in [-0.05, 0) is 31.7 Å². The number of nitrogens with zero attached hydrogens (tertiary/aromatic N) is 1. The largest absolute Gasteiger partial charge is 0.396 e. The highest BCUT2D eigenvalue weighted by atomic mass is 16.5. The fourth-order valence-electron chi connectivity index (χ4n) is 11.0. The zero-order valence-corrected chi connectivity index (χ0v) is 20.6. The molecule has 0 amide bonds. The summed E-state index contributed by atoms with van der Waals surface area (Å²) < 4.78 is 24.5. The number of likely N-dealkylation sites (tertiary alicyclic amines) is 1. The predicted molar refractivity (Wildman–Crippen MR) is 119 cm³/mol. The molecule has 8 heteroatoms.